The van der Waals surface area contributed by atoms with Crippen molar-refractivity contribution in [2.45, 2.75) is 38.8 Å². The molecule has 0 bridgehead atoms. The number of halogens is 3. The summed E-state index contributed by atoms with van der Waals surface area (Å²) in [6.45, 7) is 2.16. The van der Waals surface area contributed by atoms with E-state index in [4.69, 9.17) is 4.74 Å². The van der Waals surface area contributed by atoms with Crippen molar-refractivity contribution in [3.63, 3.8) is 0 Å². The van der Waals surface area contributed by atoms with Crippen molar-refractivity contribution < 1.29 is 22.7 Å². The molecule has 4 aromatic rings. The Bertz CT molecular complexity index is 1350. The Balaban J connectivity index is 1.52. The molecule has 0 aliphatic heterocycles. The minimum Gasteiger partial charge on any atom is -0.466 e. The molecule has 0 saturated carbocycles. The first-order valence-corrected chi connectivity index (χ1v) is 12.0. The third-order valence-corrected chi connectivity index (χ3v) is 5.87. The SMILES string of the molecule is CCCCCc1ccc(C(=O)Nc2ccc(-n3nc(OC)nc3-c3cccc(C(F)(F)F)c3)cc2)cc1. The number of anilines is 1. The molecule has 9 heteroatoms. The Morgan fingerprint density at radius 1 is 1.00 bits per heavy atom. The molecule has 6 nitrogen and oxygen atoms in total. The van der Waals surface area contributed by atoms with Crippen molar-refractivity contribution in [2.24, 2.45) is 0 Å². The molecule has 0 atom stereocenters. The maximum atomic E-state index is 13.2. The molecule has 0 fully saturated rings. The summed E-state index contributed by atoms with van der Waals surface area (Å²) < 4.78 is 46.2. The van der Waals surface area contributed by atoms with Crippen LogP contribution in [0.25, 0.3) is 17.1 Å². The third-order valence-electron chi connectivity index (χ3n) is 5.87. The van der Waals surface area contributed by atoms with Gasteiger partial charge in [-0.05, 0) is 66.9 Å². The molecule has 0 saturated heterocycles. The van der Waals surface area contributed by atoms with Crippen LogP contribution in [0.1, 0.15) is 47.7 Å². The van der Waals surface area contributed by atoms with E-state index in [-0.39, 0.29) is 23.3 Å². The van der Waals surface area contributed by atoms with Crippen molar-refractivity contribution in [3.05, 3.63) is 89.5 Å². The van der Waals surface area contributed by atoms with E-state index in [2.05, 4.69) is 22.3 Å². The van der Waals surface area contributed by atoms with Crippen LogP contribution < -0.4 is 10.1 Å². The van der Waals surface area contributed by atoms with Gasteiger partial charge in [0.2, 0.25) is 0 Å². The summed E-state index contributed by atoms with van der Waals surface area (Å²) in [5.74, 6) is -0.0429. The lowest BCUT2D eigenvalue weighted by atomic mass is 10.1. The number of aryl methyl sites for hydroxylation is 1. The van der Waals surface area contributed by atoms with Gasteiger partial charge in [-0.2, -0.15) is 18.2 Å². The average Bonchev–Trinajstić information content (AvgIpc) is 3.34. The van der Waals surface area contributed by atoms with Gasteiger partial charge in [0.1, 0.15) is 0 Å². The Morgan fingerprint density at radius 2 is 1.73 bits per heavy atom. The molecule has 1 heterocycles. The summed E-state index contributed by atoms with van der Waals surface area (Å²) in [7, 11) is 1.38. The van der Waals surface area contributed by atoms with Crippen molar-refractivity contribution in [3.8, 4) is 23.1 Å². The predicted molar refractivity (Wildman–Crippen MR) is 136 cm³/mol. The molecular formula is C28H27F3N4O2. The lowest BCUT2D eigenvalue weighted by Crippen LogP contribution is -2.12. The molecule has 0 spiro atoms. The number of hydrogen-bond acceptors (Lipinski definition) is 4. The highest BCUT2D eigenvalue weighted by atomic mass is 19.4. The average molecular weight is 509 g/mol. The second kappa shape index (κ2) is 11.3. The van der Waals surface area contributed by atoms with Crippen molar-refractivity contribution in [2.75, 3.05) is 12.4 Å². The highest BCUT2D eigenvalue weighted by Crippen LogP contribution is 2.33. The topological polar surface area (TPSA) is 69.0 Å². The van der Waals surface area contributed by atoms with Crippen LogP contribution in [0.5, 0.6) is 6.01 Å². The van der Waals surface area contributed by atoms with Crippen LogP contribution in [0.3, 0.4) is 0 Å². The third kappa shape index (κ3) is 6.35. The second-order valence-corrected chi connectivity index (χ2v) is 8.57. The molecular weight excluding hydrogens is 481 g/mol. The molecule has 4 rings (SSSR count). The molecule has 192 valence electrons. The quantitative estimate of drug-likeness (QED) is 0.249. The van der Waals surface area contributed by atoms with E-state index >= 15 is 0 Å². The maximum Gasteiger partial charge on any atom is 0.416 e. The van der Waals surface area contributed by atoms with E-state index in [0.717, 1.165) is 31.4 Å². The van der Waals surface area contributed by atoms with Gasteiger partial charge in [-0.25, -0.2) is 4.68 Å². The van der Waals surface area contributed by atoms with Crippen LogP contribution in [0.4, 0.5) is 18.9 Å². The van der Waals surface area contributed by atoms with E-state index in [0.29, 0.717) is 16.9 Å². The van der Waals surface area contributed by atoms with Crippen molar-refractivity contribution in [1.82, 2.24) is 14.8 Å². The van der Waals surface area contributed by atoms with Gasteiger partial charge in [0.15, 0.2) is 5.82 Å². The van der Waals surface area contributed by atoms with Crippen molar-refractivity contribution >= 4 is 11.6 Å². The van der Waals surface area contributed by atoms with Gasteiger partial charge < -0.3 is 10.1 Å². The fourth-order valence-corrected chi connectivity index (χ4v) is 3.87. The standard InChI is InChI=1S/C28H27F3N4O2/c1-3-4-5-7-19-10-12-20(13-11-19)26(36)32-23-14-16-24(17-15-23)35-25(33-27(34-35)37-2)21-8-6-9-22(18-21)28(29,30)31/h6,8-18H,3-5,7H2,1-2H3,(H,32,36). The number of rotatable bonds is 9. The number of nitrogens with zero attached hydrogens (tertiary/aromatic N) is 3. The monoisotopic (exact) mass is 508 g/mol. The molecule has 37 heavy (non-hydrogen) atoms. The number of carbonyl (C=O) groups excluding carboxylic acids is 1. The normalized spacial score (nSPS) is 11.4. The Kier molecular flexibility index (Phi) is 7.91. The lowest BCUT2D eigenvalue weighted by molar-refractivity contribution is -0.137. The number of methoxy groups -OCH3 is 1. The summed E-state index contributed by atoms with van der Waals surface area (Å²) in [5.41, 5.74) is 2.31. The Morgan fingerprint density at radius 3 is 2.38 bits per heavy atom. The van der Waals surface area contributed by atoms with Gasteiger partial charge in [0, 0.05) is 16.8 Å². The maximum absolute atomic E-state index is 13.2. The molecule has 0 radical (unpaired) electrons. The number of hydrogen-bond donors (Lipinski definition) is 1. The number of benzene rings is 3. The minimum atomic E-state index is -4.49. The number of ether oxygens (including phenoxy) is 1. The summed E-state index contributed by atoms with van der Waals surface area (Å²) in [6, 6.07) is 19.2. The summed E-state index contributed by atoms with van der Waals surface area (Å²) in [4.78, 5) is 16.9. The largest absolute Gasteiger partial charge is 0.466 e. The predicted octanol–water partition coefficient (Wildman–Crippen LogP) is 6.95. The second-order valence-electron chi connectivity index (χ2n) is 8.57. The molecule has 1 aromatic heterocycles. The number of amides is 1. The zero-order valence-electron chi connectivity index (χ0n) is 20.5. The minimum absolute atomic E-state index is 0.0166. The first-order chi connectivity index (χ1) is 17.8. The first-order valence-electron chi connectivity index (χ1n) is 12.0. The van der Waals surface area contributed by atoms with E-state index in [1.807, 2.05) is 24.3 Å². The summed E-state index contributed by atoms with van der Waals surface area (Å²) in [6.07, 6.45) is -0.0220. The molecule has 0 unspecified atom stereocenters. The van der Waals surface area contributed by atoms with Gasteiger partial charge in [-0.15, -0.1) is 5.10 Å². The number of unbranched alkanes of at least 4 members (excludes halogenated alkanes) is 2. The van der Waals surface area contributed by atoms with Gasteiger partial charge in [0.25, 0.3) is 5.91 Å². The van der Waals surface area contributed by atoms with Gasteiger partial charge in [-0.3, -0.25) is 4.79 Å². The molecule has 0 aliphatic carbocycles. The van der Waals surface area contributed by atoms with Crippen LogP contribution >= 0.6 is 0 Å². The van der Waals surface area contributed by atoms with Crippen LogP contribution in [-0.4, -0.2) is 27.8 Å². The van der Waals surface area contributed by atoms with Crippen molar-refractivity contribution in [1.29, 1.82) is 0 Å². The number of aromatic nitrogens is 3. The van der Waals surface area contributed by atoms with Gasteiger partial charge in [-0.1, -0.05) is 44.0 Å². The van der Waals surface area contributed by atoms with E-state index in [1.165, 1.54) is 35.9 Å². The highest BCUT2D eigenvalue weighted by molar-refractivity contribution is 6.04. The Hall–Kier alpha value is -4.14. The highest BCUT2D eigenvalue weighted by Gasteiger charge is 2.31. The number of nitrogens with one attached hydrogen (secondary N) is 1. The van der Waals surface area contributed by atoms with Crippen LogP contribution in [0.2, 0.25) is 0 Å². The fraction of sp³-hybridized carbons (Fsp3) is 0.250. The van der Waals surface area contributed by atoms with Gasteiger partial charge >= 0.3 is 12.2 Å². The number of carbonyl (C=O) groups is 1. The van der Waals surface area contributed by atoms with Crippen LogP contribution in [-0.2, 0) is 12.6 Å². The fourth-order valence-electron chi connectivity index (χ4n) is 3.87. The summed E-state index contributed by atoms with van der Waals surface area (Å²) in [5, 5.41) is 7.12. The van der Waals surface area contributed by atoms with E-state index < -0.39 is 11.7 Å². The van der Waals surface area contributed by atoms with Crippen LogP contribution in [0, 0.1) is 0 Å². The zero-order chi connectivity index (χ0) is 26.4. The van der Waals surface area contributed by atoms with Crippen LogP contribution in [0.15, 0.2) is 72.8 Å². The zero-order valence-corrected chi connectivity index (χ0v) is 20.5. The Labute approximate surface area is 213 Å². The summed E-state index contributed by atoms with van der Waals surface area (Å²) >= 11 is 0. The van der Waals surface area contributed by atoms with E-state index in [9.17, 15) is 18.0 Å². The molecule has 3 aromatic carbocycles. The lowest BCUT2D eigenvalue weighted by Gasteiger charge is -2.10. The van der Waals surface area contributed by atoms with Gasteiger partial charge in [0.05, 0.1) is 18.4 Å². The van der Waals surface area contributed by atoms with E-state index in [1.54, 1.807) is 24.3 Å². The molecule has 1 N–H and O–H groups in total. The smallest absolute Gasteiger partial charge is 0.416 e. The molecule has 0 aliphatic rings. The first kappa shape index (κ1) is 25.9. The molecule has 1 amide bonds. The number of alkyl halides is 3.